The highest BCUT2D eigenvalue weighted by molar-refractivity contribution is 5.77. The quantitative estimate of drug-likeness (QED) is 0.848. The first-order chi connectivity index (χ1) is 8.51. The molecule has 0 aromatic carbocycles. The summed E-state index contributed by atoms with van der Waals surface area (Å²) in [5, 5.41) is 0. The minimum Gasteiger partial charge on any atom is -0.340 e. The van der Waals surface area contributed by atoms with Crippen LogP contribution in [-0.2, 0) is 4.79 Å². The normalized spacial score (nSPS) is 22.4. The summed E-state index contributed by atoms with van der Waals surface area (Å²) in [4.78, 5) is 16.6. The van der Waals surface area contributed by atoms with Gasteiger partial charge in [-0.2, -0.15) is 0 Å². The van der Waals surface area contributed by atoms with Crippen LogP contribution in [-0.4, -0.2) is 54.0 Å². The summed E-state index contributed by atoms with van der Waals surface area (Å²) < 4.78 is 0. The summed E-state index contributed by atoms with van der Waals surface area (Å²) in [6.07, 6.45) is 1.35. The van der Waals surface area contributed by atoms with E-state index in [1.165, 1.54) is 0 Å². The van der Waals surface area contributed by atoms with Crippen LogP contribution in [0.5, 0.6) is 0 Å². The fourth-order valence-corrected chi connectivity index (χ4v) is 2.67. The largest absolute Gasteiger partial charge is 0.340 e. The third-order valence-corrected chi connectivity index (χ3v) is 3.98. The third-order valence-electron chi connectivity index (χ3n) is 3.98. The van der Waals surface area contributed by atoms with Crippen LogP contribution in [0.3, 0.4) is 0 Å². The topological polar surface area (TPSA) is 49.6 Å². The molecule has 1 atom stereocenters. The van der Waals surface area contributed by atoms with Gasteiger partial charge in [0.25, 0.3) is 0 Å². The smallest absolute Gasteiger partial charge is 0.224 e. The van der Waals surface area contributed by atoms with E-state index in [-0.39, 0.29) is 22.9 Å². The van der Waals surface area contributed by atoms with Crippen molar-refractivity contribution in [2.45, 2.75) is 59.0 Å². The highest BCUT2D eigenvalue weighted by atomic mass is 16.2. The molecule has 0 aliphatic carbocycles. The number of rotatable bonds is 3. The molecule has 19 heavy (non-hydrogen) atoms. The third kappa shape index (κ3) is 5.11. The molecule has 0 aromatic rings. The fourth-order valence-electron chi connectivity index (χ4n) is 2.67. The van der Waals surface area contributed by atoms with E-state index in [1.807, 2.05) is 4.90 Å². The lowest BCUT2D eigenvalue weighted by atomic mass is 9.87. The zero-order valence-electron chi connectivity index (χ0n) is 13.5. The molecule has 0 radical (unpaired) electrons. The van der Waals surface area contributed by atoms with Gasteiger partial charge >= 0.3 is 0 Å². The lowest BCUT2D eigenvalue weighted by Gasteiger charge is -2.45. The molecule has 112 valence electrons. The minimum absolute atomic E-state index is 0.0322. The van der Waals surface area contributed by atoms with Crippen LogP contribution in [0.4, 0.5) is 0 Å². The number of carbonyl (C=O) groups excluding carboxylic acids is 1. The van der Waals surface area contributed by atoms with Crippen molar-refractivity contribution in [2.24, 2.45) is 11.1 Å². The van der Waals surface area contributed by atoms with Crippen LogP contribution >= 0.6 is 0 Å². The van der Waals surface area contributed by atoms with Crippen molar-refractivity contribution in [3.63, 3.8) is 0 Å². The zero-order valence-corrected chi connectivity index (χ0v) is 13.5. The molecule has 4 heteroatoms. The fraction of sp³-hybridized carbons (Fsp3) is 0.933. The van der Waals surface area contributed by atoms with E-state index >= 15 is 0 Å². The standard InChI is InChI=1S/C15H31N3O/c1-14(2,3)10-12(16)9-13(19)18-8-7-17(6)15(4,5)11-18/h12H,7-11,16H2,1-6H3. The first kappa shape index (κ1) is 16.4. The molecular formula is C15H31N3O. The number of hydrogen-bond donors (Lipinski definition) is 1. The lowest BCUT2D eigenvalue weighted by Crippen LogP contribution is -2.59. The van der Waals surface area contributed by atoms with E-state index in [1.54, 1.807) is 0 Å². The van der Waals surface area contributed by atoms with Crippen LogP contribution in [0, 0.1) is 5.41 Å². The monoisotopic (exact) mass is 269 g/mol. The zero-order chi connectivity index (χ0) is 14.8. The summed E-state index contributed by atoms with van der Waals surface area (Å²) in [7, 11) is 2.12. The summed E-state index contributed by atoms with van der Waals surface area (Å²) in [6.45, 7) is 13.4. The Morgan fingerprint density at radius 2 is 1.89 bits per heavy atom. The molecule has 1 fully saturated rings. The first-order valence-electron chi connectivity index (χ1n) is 7.26. The van der Waals surface area contributed by atoms with Gasteiger partial charge in [-0.3, -0.25) is 9.69 Å². The second kappa shape index (κ2) is 5.80. The number of nitrogens with zero attached hydrogens (tertiary/aromatic N) is 2. The Labute approximate surface area is 118 Å². The van der Waals surface area contributed by atoms with E-state index in [0.29, 0.717) is 6.42 Å². The van der Waals surface area contributed by atoms with Gasteiger partial charge in [0.1, 0.15) is 0 Å². The molecule has 1 amide bonds. The number of piperazine rings is 1. The molecule has 1 aliphatic heterocycles. The van der Waals surface area contributed by atoms with Crippen LogP contribution in [0.15, 0.2) is 0 Å². The van der Waals surface area contributed by atoms with Gasteiger partial charge in [-0.25, -0.2) is 0 Å². The second-order valence-electron chi connectivity index (χ2n) is 7.78. The average molecular weight is 269 g/mol. The number of nitrogens with two attached hydrogens (primary N) is 1. The Bertz CT molecular complexity index is 320. The van der Waals surface area contributed by atoms with Gasteiger partial charge in [0, 0.05) is 37.6 Å². The van der Waals surface area contributed by atoms with Gasteiger partial charge in [0.15, 0.2) is 0 Å². The second-order valence-corrected chi connectivity index (χ2v) is 7.78. The Hall–Kier alpha value is -0.610. The molecule has 1 aliphatic rings. The van der Waals surface area contributed by atoms with Crippen molar-refractivity contribution in [3.05, 3.63) is 0 Å². The summed E-state index contributed by atoms with van der Waals surface area (Å²) in [6, 6.07) is -0.0322. The Balaban J connectivity index is 2.51. The maximum atomic E-state index is 12.3. The van der Waals surface area contributed by atoms with Crippen molar-refractivity contribution in [1.29, 1.82) is 0 Å². The van der Waals surface area contributed by atoms with E-state index in [2.05, 4.69) is 46.6 Å². The molecule has 4 nitrogen and oxygen atoms in total. The Morgan fingerprint density at radius 3 is 2.37 bits per heavy atom. The molecule has 0 saturated carbocycles. The average Bonchev–Trinajstić information content (AvgIpc) is 2.18. The van der Waals surface area contributed by atoms with Gasteiger partial charge in [-0.15, -0.1) is 0 Å². The van der Waals surface area contributed by atoms with Crippen LogP contribution in [0.25, 0.3) is 0 Å². The van der Waals surface area contributed by atoms with Crippen molar-refractivity contribution < 1.29 is 4.79 Å². The number of carbonyl (C=O) groups is 1. The van der Waals surface area contributed by atoms with Gasteiger partial charge < -0.3 is 10.6 Å². The molecule has 1 rings (SSSR count). The van der Waals surface area contributed by atoms with Gasteiger partial charge in [0.05, 0.1) is 0 Å². The molecule has 2 N–H and O–H groups in total. The number of likely N-dealkylation sites (N-methyl/N-ethyl adjacent to an activating group) is 1. The highest BCUT2D eigenvalue weighted by Gasteiger charge is 2.33. The van der Waals surface area contributed by atoms with Crippen LogP contribution in [0.2, 0.25) is 0 Å². The van der Waals surface area contributed by atoms with Crippen LogP contribution < -0.4 is 5.73 Å². The molecule has 0 spiro atoms. The predicted molar refractivity (Wildman–Crippen MR) is 80.0 cm³/mol. The van der Waals surface area contributed by atoms with Crippen molar-refractivity contribution in [1.82, 2.24) is 9.80 Å². The van der Waals surface area contributed by atoms with E-state index in [4.69, 9.17) is 5.73 Å². The van der Waals surface area contributed by atoms with E-state index in [9.17, 15) is 4.79 Å². The first-order valence-corrected chi connectivity index (χ1v) is 7.26. The maximum absolute atomic E-state index is 12.3. The maximum Gasteiger partial charge on any atom is 0.224 e. The molecular weight excluding hydrogens is 238 g/mol. The van der Waals surface area contributed by atoms with Crippen LogP contribution in [0.1, 0.15) is 47.5 Å². The van der Waals surface area contributed by atoms with Crippen molar-refractivity contribution in [3.8, 4) is 0 Å². The van der Waals surface area contributed by atoms with E-state index in [0.717, 1.165) is 26.1 Å². The molecule has 1 heterocycles. The Morgan fingerprint density at radius 1 is 1.32 bits per heavy atom. The molecule has 1 unspecified atom stereocenters. The van der Waals surface area contributed by atoms with Crippen molar-refractivity contribution in [2.75, 3.05) is 26.7 Å². The molecule has 0 aromatic heterocycles. The van der Waals surface area contributed by atoms with Crippen molar-refractivity contribution >= 4 is 5.91 Å². The van der Waals surface area contributed by atoms with Gasteiger partial charge in [-0.1, -0.05) is 20.8 Å². The van der Waals surface area contributed by atoms with E-state index < -0.39 is 0 Å². The number of hydrogen-bond acceptors (Lipinski definition) is 3. The van der Waals surface area contributed by atoms with Gasteiger partial charge in [-0.05, 0) is 32.7 Å². The predicted octanol–water partition coefficient (Wildman–Crippen LogP) is 1.69. The Kier molecular flexibility index (Phi) is 5.02. The molecule has 1 saturated heterocycles. The summed E-state index contributed by atoms with van der Waals surface area (Å²) in [5.74, 6) is 0.206. The molecule has 0 bridgehead atoms. The SMILES string of the molecule is CN1CCN(C(=O)CC(N)CC(C)(C)C)CC1(C)C. The van der Waals surface area contributed by atoms with Gasteiger partial charge in [0.2, 0.25) is 5.91 Å². The highest BCUT2D eigenvalue weighted by Crippen LogP contribution is 2.23. The minimum atomic E-state index is -0.0322. The summed E-state index contributed by atoms with van der Waals surface area (Å²) in [5.41, 5.74) is 6.34. The lowest BCUT2D eigenvalue weighted by molar-refractivity contribution is -0.136. The number of amides is 1. The summed E-state index contributed by atoms with van der Waals surface area (Å²) >= 11 is 0.